The zero-order valence-corrected chi connectivity index (χ0v) is 17.2. The van der Waals surface area contributed by atoms with E-state index in [1.807, 2.05) is 67.8 Å². The minimum Gasteiger partial charge on any atom is -0.325 e. The van der Waals surface area contributed by atoms with Gasteiger partial charge in [0, 0.05) is 17.8 Å². The maximum absolute atomic E-state index is 12.4. The highest BCUT2D eigenvalue weighted by molar-refractivity contribution is 7.99. The van der Waals surface area contributed by atoms with Gasteiger partial charge in [0.2, 0.25) is 5.91 Å². The van der Waals surface area contributed by atoms with Gasteiger partial charge in [-0.15, -0.1) is 16.8 Å². The molecule has 0 radical (unpaired) electrons. The Kier molecular flexibility index (Phi) is 6.31. The number of amides is 1. The molecular formula is C22H24N4OS. The topological polar surface area (TPSA) is 59.8 Å². The van der Waals surface area contributed by atoms with Crippen molar-refractivity contribution in [3.8, 4) is 11.4 Å². The smallest absolute Gasteiger partial charge is 0.234 e. The van der Waals surface area contributed by atoms with E-state index in [4.69, 9.17) is 0 Å². The number of benzene rings is 2. The van der Waals surface area contributed by atoms with Crippen molar-refractivity contribution in [2.45, 2.75) is 32.5 Å². The Balaban J connectivity index is 1.73. The van der Waals surface area contributed by atoms with Crippen LogP contribution in [0.2, 0.25) is 0 Å². The van der Waals surface area contributed by atoms with Crippen LogP contribution in [0, 0.1) is 20.8 Å². The first-order valence-electron chi connectivity index (χ1n) is 9.09. The summed E-state index contributed by atoms with van der Waals surface area (Å²) in [5, 5.41) is 12.3. The fraction of sp³-hybridized carbons (Fsp3) is 0.227. The molecule has 2 aromatic carbocycles. The van der Waals surface area contributed by atoms with E-state index in [9.17, 15) is 4.79 Å². The average Bonchev–Trinajstić information content (AvgIpc) is 3.07. The van der Waals surface area contributed by atoms with Crippen LogP contribution < -0.4 is 5.32 Å². The molecule has 5 nitrogen and oxygen atoms in total. The van der Waals surface area contributed by atoms with Crippen LogP contribution in [0.3, 0.4) is 0 Å². The molecule has 0 spiro atoms. The van der Waals surface area contributed by atoms with Crippen molar-refractivity contribution < 1.29 is 4.79 Å². The van der Waals surface area contributed by atoms with Crippen molar-refractivity contribution in [3.63, 3.8) is 0 Å². The molecule has 0 unspecified atom stereocenters. The molecule has 0 bridgehead atoms. The van der Waals surface area contributed by atoms with Gasteiger partial charge in [-0.1, -0.05) is 59.8 Å². The van der Waals surface area contributed by atoms with Gasteiger partial charge in [-0.05, 0) is 38.0 Å². The van der Waals surface area contributed by atoms with E-state index >= 15 is 0 Å². The summed E-state index contributed by atoms with van der Waals surface area (Å²) in [6, 6.07) is 14.2. The van der Waals surface area contributed by atoms with Crippen molar-refractivity contribution in [2.24, 2.45) is 0 Å². The number of carbonyl (C=O) groups excluding carboxylic acids is 1. The number of hydrogen-bond acceptors (Lipinski definition) is 4. The third-order valence-corrected chi connectivity index (χ3v) is 5.30. The Morgan fingerprint density at radius 1 is 1.11 bits per heavy atom. The van der Waals surface area contributed by atoms with Gasteiger partial charge < -0.3 is 5.32 Å². The van der Waals surface area contributed by atoms with Crippen LogP contribution in [0.1, 0.15) is 16.7 Å². The van der Waals surface area contributed by atoms with Crippen LogP contribution >= 0.6 is 11.8 Å². The van der Waals surface area contributed by atoms with Gasteiger partial charge in [0.15, 0.2) is 11.0 Å². The number of thioether (sulfide) groups is 1. The predicted molar refractivity (Wildman–Crippen MR) is 116 cm³/mol. The molecular weight excluding hydrogens is 368 g/mol. The number of allylic oxidation sites excluding steroid dienone is 1. The van der Waals surface area contributed by atoms with Crippen LogP contribution in [0.25, 0.3) is 11.4 Å². The molecule has 3 rings (SSSR count). The number of anilines is 1. The summed E-state index contributed by atoms with van der Waals surface area (Å²) in [7, 11) is 0. The molecule has 0 saturated heterocycles. The molecule has 28 heavy (non-hydrogen) atoms. The minimum atomic E-state index is -0.0660. The van der Waals surface area contributed by atoms with Crippen LogP contribution in [0.4, 0.5) is 5.69 Å². The SMILES string of the molecule is C=CCn1c(SCC(=O)Nc2cc(C)ccc2C)nnc1-c1ccc(C)cc1. The molecule has 0 atom stereocenters. The van der Waals surface area contributed by atoms with Crippen molar-refractivity contribution in [1.29, 1.82) is 0 Å². The Labute approximate surface area is 169 Å². The van der Waals surface area contributed by atoms with Crippen molar-refractivity contribution in [1.82, 2.24) is 14.8 Å². The summed E-state index contributed by atoms with van der Waals surface area (Å²) in [4.78, 5) is 12.4. The zero-order valence-electron chi connectivity index (χ0n) is 16.4. The Morgan fingerprint density at radius 3 is 2.54 bits per heavy atom. The van der Waals surface area contributed by atoms with E-state index in [0.29, 0.717) is 11.7 Å². The molecule has 1 heterocycles. The predicted octanol–water partition coefficient (Wildman–Crippen LogP) is 4.79. The van der Waals surface area contributed by atoms with Crippen LogP contribution in [0.15, 0.2) is 60.3 Å². The maximum atomic E-state index is 12.4. The second-order valence-corrected chi connectivity index (χ2v) is 7.67. The molecule has 1 aromatic heterocycles. The Bertz CT molecular complexity index is 992. The lowest BCUT2D eigenvalue weighted by Crippen LogP contribution is -2.15. The quantitative estimate of drug-likeness (QED) is 0.464. The highest BCUT2D eigenvalue weighted by Gasteiger charge is 2.15. The molecule has 0 saturated carbocycles. The monoisotopic (exact) mass is 392 g/mol. The van der Waals surface area contributed by atoms with E-state index in [1.165, 1.54) is 17.3 Å². The van der Waals surface area contributed by atoms with Gasteiger partial charge in [-0.25, -0.2) is 0 Å². The van der Waals surface area contributed by atoms with Gasteiger partial charge in [0.1, 0.15) is 0 Å². The first kappa shape index (κ1) is 19.9. The Morgan fingerprint density at radius 2 is 1.82 bits per heavy atom. The summed E-state index contributed by atoms with van der Waals surface area (Å²) in [6.45, 7) is 10.5. The zero-order chi connectivity index (χ0) is 20.1. The number of hydrogen-bond donors (Lipinski definition) is 1. The molecule has 0 aliphatic rings. The fourth-order valence-corrected chi connectivity index (χ4v) is 3.54. The summed E-state index contributed by atoms with van der Waals surface area (Å²) in [5.41, 5.74) is 5.18. The third kappa shape index (κ3) is 4.70. The van der Waals surface area contributed by atoms with Crippen LogP contribution in [-0.4, -0.2) is 26.4 Å². The normalized spacial score (nSPS) is 10.7. The first-order chi connectivity index (χ1) is 13.5. The lowest BCUT2D eigenvalue weighted by atomic mass is 10.1. The number of nitrogens with zero attached hydrogens (tertiary/aromatic N) is 3. The summed E-state index contributed by atoms with van der Waals surface area (Å²) < 4.78 is 1.98. The fourth-order valence-electron chi connectivity index (χ4n) is 2.79. The highest BCUT2D eigenvalue weighted by Crippen LogP contribution is 2.25. The molecule has 0 aliphatic carbocycles. The second-order valence-electron chi connectivity index (χ2n) is 6.73. The molecule has 6 heteroatoms. The molecule has 0 fully saturated rings. The average molecular weight is 393 g/mol. The van der Waals surface area contributed by atoms with Crippen molar-refractivity contribution in [3.05, 3.63) is 71.8 Å². The van der Waals surface area contributed by atoms with Gasteiger partial charge in [-0.3, -0.25) is 9.36 Å². The van der Waals surface area contributed by atoms with Crippen LogP contribution in [-0.2, 0) is 11.3 Å². The van der Waals surface area contributed by atoms with E-state index < -0.39 is 0 Å². The molecule has 3 aromatic rings. The van der Waals surface area contributed by atoms with E-state index in [-0.39, 0.29) is 11.7 Å². The van der Waals surface area contributed by atoms with Crippen LogP contribution in [0.5, 0.6) is 0 Å². The van der Waals surface area contributed by atoms with E-state index in [0.717, 1.165) is 28.2 Å². The molecule has 0 aliphatic heterocycles. The second kappa shape index (κ2) is 8.89. The standard InChI is InChI=1S/C22H24N4OS/c1-5-12-26-21(18-10-7-15(2)8-11-18)24-25-22(26)28-14-20(27)23-19-13-16(3)6-9-17(19)4/h5-11,13H,1,12,14H2,2-4H3,(H,23,27). The van der Waals surface area contributed by atoms with Gasteiger partial charge in [-0.2, -0.15) is 0 Å². The van der Waals surface area contributed by atoms with Crippen molar-refractivity contribution >= 4 is 23.4 Å². The molecule has 1 amide bonds. The summed E-state index contributed by atoms with van der Waals surface area (Å²) in [5.74, 6) is 0.970. The van der Waals surface area contributed by atoms with Gasteiger partial charge >= 0.3 is 0 Å². The number of rotatable bonds is 7. The maximum Gasteiger partial charge on any atom is 0.234 e. The summed E-state index contributed by atoms with van der Waals surface area (Å²) >= 11 is 1.37. The lowest BCUT2D eigenvalue weighted by molar-refractivity contribution is -0.113. The summed E-state index contributed by atoms with van der Waals surface area (Å²) in [6.07, 6.45) is 1.81. The number of aromatic nitrogens is 3. The highest BCUT2D eigenvalue weighted by atomic mass is 32.2. The van der Waals surface area contributed by atoms with Gasteiger partial charge in [0.25, 0.3) is 0 Å². The third-order valence-electron chi connectivity index (χ3n) is 4.34. The lowest BCUT2D eigenvalue weighted by Gasteiger charge is -2.10. The number of aryl methyl sites for hydroxylation is 3. The minimum absolute atomic E-state index is 0.0660. The molecule has 1 N–H and O–H groups in total. The largest absolute Gasteiger partial charge is 0.325 e. The Hall–Kier alpha value is -2.86. The molecule has 144 valence electrons. The van der Waals surface area contributed by atoms with Crippen molar-refractivity contribution in [2.75, 3.05) is 11.1 Å². The van der Waals surface area contributed by atoms with E-state index in [1.54, 1.807) is 6.08 Å². The number of nitrogens with one attached hydrogen (secondary N) is 1. The van der Waals surface area contributed by atoms with Gasteiger partial charge in [0.05, 0.1) is 5.75 Å². The first-order valence-corrected chi connectivity index (χ1v) is 10.1. The van der Waals surface area contributed by atoms with E-state index in [2.05, 4.69) is 22.1 Å². The number of carbonyl (C=O) groups is 1.